The number of carbonyl (C=O) groups is 1. The minimum absolute atomic E-state index is 0.0174. The molecular formula is C10H7Br3O. The number of rotatable bonds is 0. The minimum atomic E-state index is -0.0174. The fraction of sp³-hybridized carbons (Fsp3) is 0.300. The quantitative estimate of drug-likeness (QED) is 0.617. The van der Waals surface area contributed by atoms with Crippen molar-refractivity contribution >= 4 is 53.6 Å². The molecule has 0 heterocycles. The summed E-state index contributed by atoms with van der Waals surface area (Å²) in [6, 6.07) is 3.89. The number of fused-ring (bicyclic) bond motifs is 1. The van der Waals surface area contributed by atoms with E-state index in [0.29, 0.717) is 0 Å². The van der Waals surface area contributed by atoms with E-state index in [1.807, 2.05) is 12.1 Å². The zero-order valence-electron chi connectivity index (χ0n) is 7.19. The Bertz CT molecular complexity index is 401. The topological polar surface area (TPSA) is 17.1 Å². The molecule has 0 spiro atoms. The standard InChI is InChI=1S/C10H7Br3O/c11-5-3-7-6(9(13)4-5)1-2-8(12)10(7)14/h3-4,8H,1-2H2. The van der Waals surface area contributed by atoms with Crippen LogP contribution in [-0.4, -0.2) is 10.6 Å². The van der Waals surface area contributed by atoms with E-state index in [4.69, 9.17) is 0 Å². The van der Waals surface area contributed by atoms with Gasteiger partial charge < -0.3 is 0 Å². The lowest BCUT2D eigenvalue weighted by Gasteiger charge is -2.20. The fourth-order valence-corrected chi connectivity index (χ4v) is 3.55. The summed E-state index contributed by atoms with van der Waals surface area (Å²) >= 11 is 10.3. The predicted octanol–water partition coefficient (Wildman–Crippen LogP) is 4.10. The Morgan fingerprint density at radius 3 is 2.71 bits per heavy atom. The largest absolute Gasteiger partial charge is 0.293 e. The smallest absolute Gasteiger partial charge is 0.176 e. The summed E-state index contributed by atoms with van der Waals surface area (Å²) < 4.78 is 1.97. The molecule has 1 aromatic rings. The van der Waals surface area contributed by atoms with Gasteiger partial charge in [-0.15, -0.1) is 0 Å². The summed E-state index contributed by atoms with van der Waals surface area (Å²) in [5, 5.41) is 0. The van der Waals surface area contributed by atoms with Crippen molar-refractivity contribution in [3.8, 4) is 0 Å². The average molecular weight is 383 g/mol. The molecule has 0 bridgehead atoms. The Kier molecular flexibility index (Phi) is 3.15. The number of Topliss-reactive ketones (excluding diaryl/α,β-unsaturated/α-hetero) is 1. The van der Waals surface area contributed by atoms with Crippen LogP contribution in [0.25, 0.3) is 0 Å². The Morgan fingerprint density at radius 2 is 2.00 bits per heavy atom. The molecule has 74 valence electrons. The van der Waals surface area contributed by atoms with Crippen molar-refractivity contribution < 1.29 is 4.79 Å². The van der Waals surface area contributed by atoms with Gasteiger partial charge in [0.05, 0.1) is 4.83 Å². The molecule has 14 heavy (non-hydrogen) atoms. The van der Waals surface area contributed by atoms with Gasteiger partial charge in [0.25, 0.3) is 0 Å². The van der Waals surface area contributed by atoms with Gasteiger partial charge in [0.1, 0.15) is 0 Å². The molecular weight excluding hydrogens is 376 g/mol. The van der Waals surface area contributed by atoms with Gasteiger partial charge in [-0.2, -0.15) is 0 Å². The first-order valence-corrected chi connectivity index (χ1v) is 6.76. The van der Waals surface area contributed by atoms with Crippen molar-refractivity contribution in [3.63, 3.8) is 0 Å². The first-order chi connectivity index (χ1) is 6.59. The normalized spacial score (nSPS) is 20.8. The van der Waals surface area contributed by atoms with Gasteiger partial charge >= 0.3 is 0 Å². The van der Waals surface area contributed by atoms with E-state index in [-0.39, 0.29) is 10.6 Å². The molecule has 1 aliphatic carbocycles. The molecule has 1 atom stereocenters. The molecule has 4 heteroatoms. The van der Waals surface area contributed by atoms with Crippen LogP contribution in [0.2, 0.25) is 0 Å². The van der Waals surface area contributed by atoms with Crippen LogP contribution in [0, 0.1) is 0 Å². The third kappa shape index (κ3) is 1.84. The highest BCUT2D eigenvalue weighted by Crippen LogP contribution is 2.33. The Balaban J connectivity index is 2.60. The molecule has 1 nitrogen and oxygen atoms in total. The van der Waals surface area contributed by atoms with Crippen LogP contribution in [0.4, 0.5) is 0 Å². The predicted molar refractivity (Wildman–Crippen MR) is 67.2 cm³/mol. The van der Waals surface area contributed by atoms with Crippen molar-refractivity contribution in [1.82, 2.24) is 0 Å². The maximum atomic E-state index is 11.8. The second-order valence-corrected chi connectivity index (χ2v) is 6.16. The van der Waals surface area contributed by atoms with Crippen molar-refractivity contribution in [2.75, 3.05) is 0 Å². The average Bonchev–Trinajstić information content (AvgIpc) is 2.12. The van der Waals surface area contributed by atoms with Crippen molar-refractivity contribution in [1.29, 1.82) is 0 Å². The highest BCUT2D eigenvalue weighted by atomic mass is 79.9. The molecule has 0 N–H and O–H groups in total. The van der Waals surface area contributed by atoms with Gasteiger partial charge in [0.15, 0.2) is 5.78 Å². The van der Waals surface area contributed by atoms with Crippen LogP contribution in [0.15, 0.2) is 21.1 Å². The summed E-state index contributed by atoms with van der Waals surface area (Å²) in [7, 11) is 0. The highest BCUT2D eigenvalue weighted by Gasteiger charge is 2.26. The molecule has 0 radical (unpaired) electrons. The number of ketones is 1. The lowest BCUT2D eigenvalue weighted by molar-refractivity contribution is 0.0981. The SMILES string of the molecule is O=C1c2cc(Br)cc(Br)c2CCC1Br. The molecule has 0 fully saturated rings. The van der Waals surface area contributed by atoms with E-state index in [9.17, 15) is 4.79 Å². The third-order valence-electron chi connectivity index (χ3n) is 2.36. The number of halogens is 3. The number of alkyl halides is 1. The number of carbonyl (C=O) groups excluding carboxylic acids is 1. The van der Waals surface area contributed by atoms with E-state index < -0.39 is 0 Å². The van der Waals surface area contributed by atoms with Gasteiger partial charge in [-0.05, 0) is 30.5 Å². The van der Waals surface area contributed by atoms with E-state index in [1.165, 1.54) is 0 Å². The van der Waals surface area contributed by atoms with Crippen molar-refractivity contribution in [2.24, 2.45) is 0 Å². The number of hydrogen-bond acceptors (Lipinski definition) is 1. The molecule has 0 aromatic heterocycles. The maximum Gasteiger partial charge on any atom is 0.176 e. The summed E-state index contributed by atoms with van der Waals surface area (Å²) in [5.74, 6) is 0.188. The van der Waals surface area contributed by atoms with Crippen molar-refractivity contribution in [2.45, 2.75) is 17.7 Å². The van der Waals surface area contributed by atoms with E-state index >= 15 is 0 Å². The highest BCUT2D eigenvalue weighted by molar-refractivity contribution is 9.11. The lowest BCUT2D eigenvalue weighted by Crippen LogP contribution is -2.22. The van der Waals surface area contributed by atoms with Crippen LogP contribution >= 0.6 is 47.8 Å². The van der Waals surface area contributed by atoms with E-state index in [1.54, 1.807) is 0 Å². The van der Waals surface area contributed by atoms with Crippen LogP contribution < -0.4 is 0 Å². The molecule has 1 aliphatic rings. The fourth-order valence-electron chi connectivity index (χ4n) is 1.65. The molecule has 2 rings (SSSR count). The van der Waals surface area contributed by atoms with E-state index in [0.717, 1.165) is 32.9 Å². The summed E-state index contributed by atoms with van der Waals surface area (Å²) in [6.07, 6.45) is 1.83. The Morgan fingerprint density at radius 1 is 1.29 bits per heavy atom. The number of hydrogen-bond donors (Lipinski definition) is 0. The van der Waals surface area contributed by atoms with Gasteiger partial charge in [0.2, 0.25) is 0 Å². The Labute approximate surface area is 108 Å². The lowest BCUT2D eigenvalue weighted by atomic mass is 9.91. The Hall–Kier alpha value is 0.330. The number of benzene rings is 1. The van der Waals surface area contributed by atoms with Crippen LogP contribution in [-0.2, 0) is 6.42 Å². The minimum Gasteiger partial charge on any atom is -0.293 e. The monoisotopic (exact) mass is 380 g/mol. The first kappa shape index (κ1) is 10.8. The molecule has 1 unspecified atom stereocenters. The van der Waals surface area contributed by atoms with Gasteiger partial charge in [0, 0.05) is 14.5 Å². The summed E-state index contributed by atoms with van der Waals surface area (Å²) in [4.78, 5) is 11.8. The van der Waals surface area contributed by atoms with Gasteiger partial charge in [-0.25, -0.2) is 0 Å². The van der Waals surface area contributed by atoms with Crippen LogP contribution in [0.5, 0.6) is 0 Å². The molecule has 0 aliphatic heterocycles. The van der Waals surface area contributed by atoms with Crippen LogP contribution in [0.3, 0.4) is 0 Å². The van der Waals surface area contributed by atoms with Gasteiger partial charge in [-0.3, -0.25) is 4.79 Å². The maximum absolute atomic E-state index is 11.8. The van der Waals surface area contributed by atoms with Crippen molar-refractivity contribution in [3.05, 3.63) is 32.2 Å². The van der Waals surface area contributed by atoms with Crippen LogP contribution in [0.1, 0.15) is 22.3 Å². The summed E-state index contributed by atoms with van der Waals surface area (Å²) in [5.41, 5.74) is 1.97. The zero-order valence-corrected chi connectivity index (χ0v) is 11.9. The van der Waals surface area contributed by atoms with E-state index in [2.05, 4.69) is 47.8 Å². The summed E-state index contributed by atoms with van der Waals surface area (Å²) in [6.45, 7) is 0. The second-order valence-electron chi connectivity index (χ2n) is 3.28. The molecule has 0 amide bonds. The van der Waals surface area contributed by atoms with Gasteiger partial charge in [-0.1, -0.05) is 47.8 Å². The third-order valence-corrected chi connectivity index (χ3v) is 4.40. The zero-order chi connectivity index (χ0) is 10.3. The molecule has 0 saturated carbocycles. The molecule has 0 saturated heterocycles. The second kappa shape index (κ2) is 4.06. The molecule has 1 aromatic carbocycles. The first-order valence-electron chi connectivity index (χ1n) is 4.26.